The third kappa shape index (κ3) is 20.3. The molecule has 0 aromatic rings. The normalized spacial score (nSPS) is 11.4. The predicted molar refractivity (Wildman–Crippen MR) is 82.1 cm³/mol. The summed E-state index contributed by atoms with van der Waals surface area (Å²) in [4.78, 5) is 53.2. The van der Waals surface area contributed by atoms with Crippen molar-refractivity contribution in [1.82, 2.24) is 5.39 Å². The maximum Gasteiger partial charge on any atom is 0.342 e. The molecule has 0 aliphatic rings. The molecule has 0 aliphatic carbocycles. The SMILES string of the molecule is CC(OOC(=O)CCC(=O)O)C(=O)O.OCCON(OCCO)OCCO. The van der Waals surface area contributed by atoms with Crippen molar-refractivity contribution in [2.45, 2.75) is 25.9 Å². The van der Waals surface area contributed by atoms with Crippen molar-refractivity contribution in [3.05, 3.63) is 0 Å². The van der Waals surface area contributed by atoms with E-state index in [4.69, 9.17) is 40.0 Å². The van der Waals surface area contributed by atoms with Crippen LogP contribution in [0.25, 0.3) is 0 Å². The fourth-order valence-corrected chi connectivity index (χ4v) is 0.876. The highest BCUT2D eigenvalue weighted by atomic mass is 17.2. The molecule has 0 rings (SSSR count). The number of aliphatic carboxylic acids is 2. The number of carboxylic acids is 2. The third-order valence-electron chi connectivity index (χ3n) is 2.04. The summed E-state index contributed by atoms with van der Waals surface area (Å²) in [6, 6.07) is 0. The fourth-order valence-electron chi connectivity index (χ4n) is 0.876. The Labute approximate surface area is 154 Å². The van der Waals surface area contributed by atoms with Crippen molar-refractivity contribution in [3.8, 4) is 0 Å². The van der Waals surface area contributed by atoms with Crippen molar-refractivity contribution in [3.63, 3.8) is 0 Å². The summed E-state index contributed by atoms with van der Waals surface area (Å²) in [6.07, 6.45) is -2.02. The zero-order valence-electron chi connectivity index (χ0n) is 14.7. The van der Waals surface area contributed by atoms with Crippen molar-refractivity contribution < 1.29 is 64.2 Å². The van der Waals surface area contributed by atoms with E-state index in [1.807, 2.05) is 0 Å². The average molecular weight is 403 g/mol. The molecule has 5 N–H and O–H groups in total. The number of rotatable bonds is 15. The Morgan fingerprint density at radius 3 is 1.63 bits per heavy atom. The van der Waals surface area contributed by atoms with E-state index in [2.05, 4.69) is 9.78 Å². The molecule has 160 valence electrons. The number of carbonyl (C=O) groups excluding carboxylic acids is 1. The predicted octanol–water partition coefficient (Wildman–Crippen LogP) is -2.14. The Kier molecular flexibility index (Phi) is 19.1. The van der Waals surface area contributed by atoms with Gasteiger partial charge in [-0.25, -0.2) is 24.1 Å². The minimum absolute atomic E-state index is 0.0108. The second kappa shape index (κ2) is 18.9. The largest absolute Gasteiger partial charge is 0.481 e. The van der Waals surface area contributed by atoms with Gasteiger partial charge in [0.05, 0.1) is 57.9 Å². The molecular weight excluding hydrogens is 378 g/mol. The molecule has 0 aromatic heterocycles. The Morgan fingerprint density at radius 1 is 0.852 bits per heavy atom. The molecule has 14 heteroatoms. The third-order valence-corrected chi connectivity index (χ3v) is 2.04. The Bertz CT molecular complexity index is 387. The van der Waals surface area contributed by atoms with Gasteiger partial charge in [-0.15, -0.1) is 0 Å². The minimum Gasteiger partial charge on any atom is -0.481 e. The van der Waals surface area contributed by atoms with Crippen LogP contribution in [0.4, 0.5) is 0 Å². The smallest absolute Gasteiger partial charge is 0.342 e. The number of hydrogen-bond acceptors (Lipinski definition) is 12. The molecule has 0 aromatic carbocycles. The van der Waals surface area contributed by atoms with E-state index in [1.54, 1.807) is 0 Å². The molecule has 0 heterocycles. The Balaban J connectivity index is 0. The van der Waals surface area contributed by atoms with Crippen molar-refractivity contribution in [2.24, 2.45) is 0 Å². The van der Waals surface area contributed by atoms with Crippen LogP contribution < -0.4 is 0 Å². The highest BCUT2D eigenvalue weighted by Gasteiger charge is 2.15. The number of nitrogens with zero attached hydrogens (tertiary/aromatic N) is 1. The molecule has 0 fully saturated rings. The zero-order valence-corrected chi connectivity index (χ0v) is 14.7. The summed E-state index contributed by atoms with van der Waals surface area (Å²) in [5.74, 6) is -3.34. The monoisotopic (exact) mass is 403 g/mol. The van der Waals surface area contributed by atoms with Gasteiger partial charge >= 0.3 is 17.9 Å². The van der Waals surface area contributed by atoms with Crippen LogP contribution in [0.5, 0.6) is 0 Å². The number of aliphatic hydroxyl groups is 3. The lowest BCUT2D eigenvalue weighted by Crippen LogP contribution is -2.28. The maximum atomic E-state index is 10.7. The van der Waals surface area contributed by atoms with Crippen LogP contribution in [-0.4, -0.2) is 94.6 Å². The number of hydrogen-bond donors (Lipinski definition) is 5. The maximum absolute atomic E-state index is 10.7. The van der Waals surface area contributed by atoms with E-state index in [-0.39, 0.29) is 52.5 Å². The summed E-state index contributed by atoms with van der Waals surface area (Å²) < 4.78 is 0. The molecule has 0 saturated carbocycles. The molecule has 0 bridgehead atoms. The molecule has 0 spiro atoms. The first-order chi connectivity index (χ1) is 12.8. The van der Waals surface area contributed by atoms with E-state index in [9.17, 15) is 14.4 Å². The van der Waals surface area contributed by atoms with E-state index < -0.39 is 24.0 Å². The van der Waals surface area contributed by atoms with Gasteiger partial charge in [0.25, 0.3) is 0 Å². The summed E-state index contributed by atoms with van der Waals surface area (Å²) >= 11 is 0. The van der Waals surface area contributed by atoms with Gasteiger partial charge in [0.2, 0.25) is 0 Å². The van der Waals surface area contributed by atoms with Gasteiger partial charge in [0.1, 0.15) is 0 Å². The van der Waals surface area contributed by atoms with Crippen LogP contribution in [-0.2, 0) is 38.7 Å². The highest BCUT2D eigenvalue weighted by molar-refractivity contribution is 5.76. The molecule has 14 nitrogen and oxygen atoms in total. The number of aliphatic hydroxyl groups excluding tert-OH is 3. The second-order valence-corrected chi connectivity index (χ2v) is 4.32. The molecule has 0 radical (unpaired) electrons. The lowest BCUT2D eigenvalue weighted by molar-refractivity contribution is -0.527. The first-order valence-electron chi connectivity index (χ1n) is 7.60. The quantitative estimate of drug-likeness (QED) is 0.146. The van der Waals surface area contributed by atoms with Gasteiger partial charge in [-0.3, -0.25) is 9.68 Å². The first kappa shape index (κ1) is 27.3. The van der Waals surface area contributed by atoms with E-state index >= 15 is 0 Å². The van der Waals surface area contributed by atoms with Gasteiger partial charge in [-0.05, 0) is 6.92 Å². The lowest BCUT2D eigenvalue weighted by atomic mass is 10.3. The molecule has 27 heavy (non-hydrogen) atoms. The van der Waals surface area contributed by atoms with Crippen LogP contribution in [0, 0.1) is 0 Å². The van der Waals surface area contributed by atoms with Gasteiger partial charge < -0.3 is 25.5 Å². The molecule has 1 unspecified atom stereocenters. The Morgan fingerprint density at radius 2 is 1.30 bits per heavy atom. The van der Waals surface area contributed by atoms with E-state index in [0.29, 0.717) is 5.39 Å². The second-order valence-electron chi connectivity index (χ2n) is 4.32. The van der Waals surface area contributed by atoms with Gasteiger partial charge in [0, 0.05) is 0 Å². The van der Waals surface area contributed by atoms with E-state index in [0.717, 1.165) is 0 Å². The summed E-state index contributed by atoms with van der Waals surface area (Å²) in [5.41, 5.74) is 0. The zero-order chi connectivity index (χ0) is 21.1. The van der Waals surface area contributed by atoms with Crippen molar-refractivity contribution in [1.29, 1.82) is 0 Å². The van der Waals surface area contributed by atoms with Crippen LogP contribution >= 0.6 is 0 Å². The molecule has 0 amide bonds. The standard InChI is InChI=1S/C7H10O7.C6H15NO6/c1-4(7(11)12)13-14-6(10)3-2-5(8)9;8-1-4-11-7(12-5-2-9)13-6-3-10/h4H,2-3H2,1H3,(H,8,9)(H,11,12);8-10H,1-6H2. The van der Waals surface area contributed by atoms with Gasteiger partial charge in [-0.2, -0.15) is 4.89 Å². The average Bonchev–Trinajstić information content (AvgIpc) is 2.64. The van der Waals surface area contributed by atoms with Crippen LogP contribution in [0.3, 0.4) is 0 Å². The van der Waals surface area contributed by atoms with Gasteiger partial charge in [0.15, 0.2) is 6.10 Å². The fraction of sp³-hybridized carbons (Fsp3) is 0.769. The molecule has 0 saturated heterocycles. The highest BCUT2D eigenvalue weighted by Crippen LogP contribution is 1.97. The summed E-state index contributed by atoms with van der Waals surface area (Å²) in [5, 5.41) is 42.4. The molecule has 1 atom stereocenters. The minimum atomic E-state index is -1.28. The summed E-state index contributed by atoms with van der Waals surface area (Å²) in [6.45, 7) is 0.668. The lowest BCUT2D eigenvalue weighted by Gasteiger charge is -2.17. The number of carboxylic acid groups (broad SMARTS) is 2. The Hall–Kier alpha value is -1.91. The van der Waals surface area contributed by atoms with Gasteiger partial charge in [-0.1, -0.05) is 0 Å². The summed E-state index contributed by atoms with van der Waals surface area (Å²) in [7, 11) is 0. The van der Waals surface area contributed by atoms with Crippen molar-refractivity contribution in [2.75, 3.05) is 39.6 Å². The van der Waals surface area contributed by atoms with E-state index in [1.165, 1.54) is 6.92 Å². The molecular formula is C13H25NO13. The van der Waals surface area contributed by atoms with Crippen molar-refractivity contribution >= 4 is 17.9 Å². The first-order valence-corrected chi connectivity index (χ1v) is 7.60. The van der Waals surface area contributed by atoms with Crippen LogP contribution in [0.2, 0.25) is 0 Å². The number of carbonyl (C=O) groups is 3. The van der Waals surface area contributed by atoms with Crippen LogP contribution in [0.15, 0.2) is 0 Å². The van der Waals surface area contributed by atoms with Crippen LogP contribution in [0.1, 0.15) is 19.8 Å². The topological polar surface area (TPSA) is 202 Å². The molecule has 0 aliphatic heterocycles.